The van der Waals surface area contributed by atoms with Gasteiger partial charge in [0, 0.05) is 10.3 Å². The smallest absolute Gasteiger partial charge is 0.253 e. The van der Waals surface area contributed by atoms with Crippen LogP contribution in [-0.2, 0) is 0 Å². The maximum atomic E-state index is 13.1. The van der Waals surface area contributed by atoms with Gasteiger partial charge in [-0.1, -0.05) is 0 Å². The van der Waals surface area contributed by atoms with Crippen LogP contribution < -0.4 is 10.0 Å². The van der Waals surface area contributed by atoms with Crippen molar-refractivity contribution >= 4 is 23.5 Å². The van der Waals surface area contributed by atoms with Gasteiger partial charge in [0.2, 0.25) is 0 Å². The Morgan fingerprint density at radius 1 is 1.11 bits per heavy atom. The summed E-state index contributed by atoms with van der Waals surface area (Å²) in [5.74, 6) is -0.143. The molecule has 1 aromatic carbocycles. The van der Waals surface area contributed by atoms with Crippen LogP contribution >= 0.6 is 11.9 Å². The maximum Gasteiger partial charge on any atom is 0.253 e. The van der Waals surface area contributed by atoms with Crippen molar-refractivity contribution in [3.8, 4) is 12.1 Å². The Labute approximate surface area is 165 Å². The lowest BCUT2D eigenvalue weighted by Gasteiger charge is -2.50. The van der Waals surface area contributed by atoms with Gasteiger partial charge in [-0.15, -0.1) is 0 Å². The Bertz CT molecular complexity index is 804. The number of anilines is 1. The first kappa shape index (κ1) is 19.6. The summed E-state index contributed by atoms with van der Waals surface area (Å²) < 4.78 is 3.28. The van der Waals surface area contributed by atoms with Crippen LogP contribution in [0, 0.1) is 28.1 Å². The predicted octanol–water partition coefficient (Wildman–Crippen LogP) is 4.76. The van der Waals surface area contributed by atoms with Crippen molar-refractivity contribution in [1.82, 2.24) is 5.32 Å². The fraction of sp³-hybridized carbons (Fsp3) is 0.571. The molecule has 6 heteroatoms. The van der Waals surface area contributed by atoms with Crippen molar-refractivity contribution in [2.24, 2.45) is 5.41 Å². The number of nitriles is 2. The Kier molecular flexibility index (Phi) is 5.14. The first-order chi connectivity index (χ1) is 12.7. The maximum absolute atomic E-state index is 13.1. The summed E-state index contributed by atoms with van der Waals surface area (Å²) in [5.41, 5.74) is 1.30. The number of carbonyl (C=O) groups excluding carboxylic acids is 1. The standard InChI is InChI=1S/C21H26N4OS/c1-19(2,3)27-25-17-5-4-15(13-22)12-16(17)18(26)24-21-9-6-20(14-23,7-10-21)8-11-21/h4-5,12,25H,6-11H2,1-3H3,(H,24,26). The van der Waals surface area contributed by atoms with Crippen molar-refractivity contribution in [3.63, 3.8) is 0 Å². The van der Waals surface area contributed by atoms with E-state index < -0.39 is 0 Å². The highest BCUT2D eigenvalue weighted by atomic mass is 32.2. The van der Waals surface area contributed by atoms with Gasteiger partial charge in [-0.3, -0.25) is 4.79 Å². The monoisotopic (exact) mass is 382 g/mol. The number of carbonyl (C=O) groups is 1. The van der Waals surface area contributed by atoms with Crippen molar-refractivity contribution in [3.05, 3.63) is 29.3 Å². The number of rotatable bonds is 4. The molecule has 0 spiro atoms. The molecule has 0 aliphatic heterocycles. The lowest BCUT2D eigenvalue weighted by atomic mass is 9.58. The molecular weight excluding hydrogens is 356 g/mol. The van der Waals surface area contributed by atoms with Crippen molar-refractivity contribution in [2.45, 2.75) is 69.6 Å². The third kappa shape index (κ3) is 4.22. The minimum absolute atomic E-state index is 0.00625. The molecule has 0 saturated heterocycles. The first-order valence-electron chi connectivity index (χ1n) is 9.42. The SMILES string of the molecule is CC(C)(C)SNc1ccc(C#N)cc1C(=O)NC12CCC(C#N)(CC1)CC2. The van der Waals surface area contributed by atoms with Crippen LogP contribution in [-0.4, -0.2) is 16.2 Å². The summed E-state index contributed by atoms with van der Waals surface area (Å²) >= 11 is 1.54. The van der Waals surface area contributed by atoms with Crippen LogP contribution in [0.4, 0.5) is 5.69 Å². The van der Waals surface area contributed by atoms with E-state index >= 15 is 0 Å². The molecule has 2 N–H and O–H groups in total. The summed E-state index contributed by atoms with van der Waals surface area (Å²) in [6.45, 7) is 6.29. The number of benzene rings is 1. The molecule has 0 radical (unpaired) electrons. The molecule has 0 unspecified atom stereocenters. The molecule has 0 atom stereocenters. The van der Waals surface area contributed by atoms with E-state index in [-0.39, 0.29) is 21.6 Å². The van der Waals surface area contributed by atoms with Gasteiger partial charge in [-0.25, -0.2) is 0 Å². The highest BCUT2D eigenvalue weighted by Crippen LogP contribution is 2.52. The minimum Gasteiger partial charge on any atom is -0.347 e. The molecule has 3 aliphatic carbocycles. The fourth-order valence-electron chi connectivity index (χ4n) is 3.95. The highest BCUT2D eigenvalue weighted by Gasteiger charge is 2.49. The van der Waals surface area contributed by atoms with Crippen LogP contribution in [0.2, 0.25) is 0 Å². The summed E-state index contributed by atoms with van der Waals surface area (Å²) in [7, 11) is 0. The van der Waals surface area contributed by atoms with Gasteiger partial charge in [0.15, 0.2) is 0 Å². The molecule has 3 saturated carbocycles. The molecule has 3 aliphatic rings. The van der Waals surface area contributed by atoms with Gasteiger partial charge in [0.25, 0.3) is 5.91 Å². The zero-order valence-electron chi connectivity index (χ0n) is 16.2. The van der Waals surface area contributed by atoms with E-state index in [9.17, 15) is 15.3 Å². The van der Waals surface area contributed by atoms with E-state index in [1.165, 1.54) is 0 Å². The molecule has 142 valence electrons. The second-order valence-electron chi connectivity index (χ2n) is 8.82. The molecule has 0 heterocycles. The molecule has 0 aromatic heterocycles. The van der Waals surface area contributed by atoms with E-state index in [1.54, 1.807) is 30.1 Å². The number of hydrogen-bond donors (Lipinski definition) is 2. The lowest BCUT2D eigenvalue weighted by Crippen LogP contribution is -2.56. The van der Waals surface area contributed by atoms with Gasteiger partial charge in [0.1, 0.15) is 0 Å². The number of fused-ring (bicyclic) bond motifs is 3. The second kappa shape index (κ2) is 7.09. The topological polar surface area (TPSA) is 88.7 Å². The fourth-order valence-corrected chi connectivity index (χ4v) is 4.54. The average Bonchev–Trinajstić information content (AvgIpc) is 2.67. The summed E-state index contributed by atoms with van der Waals surface area (Å²) in [5, 5.41) is 21.9. The van der Waals surface area contributed by atoms with E-state index in [2.05, 4.69) is 42.9 Å². The largest absolute Gasteiger partial charge is 0.347 e. The van der Waals surface area contributed by atoms with Gasteiger partial charge in [-0.05, 0) is 89.4 Å². The summed E-state index contributed by atoms with van der Waals surface area (Å²) in [6, 6.07) is 9.80. The van der Waals surface area contributed by atoms with Crippen LogP contribution in [0.15, 0.2) is 18.2 Å². The molecular formula is C21H26N4OS. The van der Waals surface area contributed by atoms with E-state index in [0.717, 1.165) is 44.2 Å². The lowest BCUT2D eigenvalue weighted by molar-refractivity contribution is 0.0522. The van der Waals surface area contributed by atoms with E-state index in [0.29, 0.717) is 11.1 Å². The molecule has 2 bridgehead atoms. The van der Waals surface area contributed by atoms with Gasteiger partial charge < -0.3 is 10.0 Å². The van der Waals surface area contributed by atoms with Crippen molar-refractivity contribution in [2.75, 3.05) is 4.72 Å². The second-order valence-corrected chi connectivity index (χ2v) is 10.4. The number of amides is 1. The van der Waals surface area contributed by atoms with Crippen molar-refractivity contribution in [1.29, 1.82) is 10.5 Å². The average molecular weight is 383 g/mol. The Morgan fingerprint density at radius 2 is 1.74 bits per heavy atom. The first-order valence-corrected chi connectivity index (χ1v) is 10.2. The molecule has 5 nitrogen and oxygen atoms in total. The van der Waals surface area contributed by atoms with E-state index in [1.807, 2.05) is 0 Å². The highest BCUT2D eigenvalue weighted by molar-refractivity contribution is 8.01. The molecule has 1 aromatic rings. The quantitative estimate of drug-likeness (QED) is 0.733. The number of nitrogens with zero attached hydrogens (tertiary/aromatic N) is 2. The normalized spacial score (nSPS) is 26.7. The minimum atomic E-state index is -0.216. The number of hydrogen-bond acceptors (Lipinski definition) is 5. The van der Waals surface area contributed by atoms with Crippen LogP contribution in [0.25, 0.3) is 0 Å². The van der Waals surface area contributed by atoms with Crippen LogP contribution in [0.1, 0.15) is 75.2 Å². The Balaban J connectivity index is 1.80. The van der Waals surface area contributed by atoms with Gasteiger partial charge >= 0.3 is 0 Å². The summed E-state index contributed by atoms with van der Waals surface area (Å²) in [6.07, 6.45) is 5.12. The van der Waals surface area contributed by atoms with Gasteiger partial charge in [0.05, 0.1) is 34.4 Å². The van der Waals surface area contributed by atoms with Crippen molar-refractivity contribution < 1.29 is 4.79 Å². The van der Waals surface area contributed by atoms with E-state index in [4.69, 9.17) is 0 Å². The van der Waals surface area contributed by atoms with Crippen LogP contribution in [0.3, 0.4) is 0 Å². The zero-order chi connectivity index (χ0) is 19.7. The Hall–Kier alpha value is -2.18. The summed E-state index contributed by atoms with van der Waals surface area (Å²) in [4.78, 5) is 13.1. The molecule has 27 heavy (non-hydrogen) atoms. The number of nitrogens with one attached hydrogen (secondary N) is 2. The third-order valence-corrected chi connectivity index (χ3v) is 6.66. The molecule has 3 fully saturated rings. The molecule has 1 amide bonds. The van der Waals surface area contributed by atoms with Gasteiger partial charge in [-0.2, -0.15) is 10.5 Å². The predicted molar refractivity (Wildman–Crippen MR) is 108 cm³/mol. The zero-order valence-corrected chi connectivity index (χ0v) is 17.0. The third-order valence-electron chi connectivity index (χ3n) is 5.72. The Morgan fingerprint density at radius 3 is 2.26 bits per heavy atom. The molecule has 4 rings (SSSR count). The van der Waals surface area contributed by atoms with Crippen LogP contribution in [0.5, 0.6) is 0 Å².